The third-order valence-corrected chi connectivity index (χ3v) is 2.10. The third kappa shape index (κ3) is 4.99. The van der Waals surface area contributed by atoms with Crippen LogP contribution in [-0.2, 0) is 4.74 Å². The maximum absolute atomic E-state index is 11.7. The average Bonchev–Trinajstić information content (AvgIpc) is 2.29. The van der Waals surface area contributed by atoms with E-state index in [-0.39, 0.29) is 0 Å². The molecule has 1 rings (SSSR count). The van der Waals surface area contributed by atoms with Crippen molar-refractivity contribution in [1.82, 2.24) is 4.98 Å². The summed E-state index contributed by atoms with van der Waals surface area (Å²) in [7, 11) is 1.54. The van der Waals surface area contributed by atoms with Gasteiger partial charge >= 0.3 is 6.09 Å². The maximum Gasteiger partial charge on any atom is 0.412 e. The first-order valence-corrected chi connectivity index (χ1v) is 6.02. The number of aromatic nitrogens is 1. The SMILES string of the molecule is C/C=C/c1cc(OC)ncc1NC(=O)OC(C)(C)C. The lowest BCUT2D eigenvalue weighted by Crippen LogP contribution is -2.27. The molecule has 0 radical (unpaired) electrons. The van der Waals surface area contributed by atoms with Crippen molar-refractivity contribution in [3.8, 4) is 5.88 Å². The van der Waals surface area contributed by atoms with Crippen LogP contribution < -0.4 is 10.1 Å². The van der Waals surface area contributed by atoms with Gasteiger partial charge in [0.15, 0.2) is 0 Å². The molecule has 1 N–H and O–H groups in total. The number of carbonyl (C=O) groups is 1. The zero-order valence-corrected chi connectivity index (χ0v) is 12.0. The number of pyridine rings is 1. The van der Waals surface area contributed by atoms with Crippen LogP contribution in [0.2, 0.25) is 0 Å². The Labute approximate surface area is 113 Å². The Balaban J connectivity index is 2.91. The molecular formula is C14H20N2O3. The zero-order valence-electron chi connectivity index (χ0n) is 12.0. The molecule has 1 aromatic heterocycles. The number of methoxy groups -OCH3 is 1. The van der Waals surface area contributed by atoms with Crippen LogP contribution in [0.25, 0.3) is 6.08 Å². The van der Waals surface area contributed by atoms with Gasteiger partial charge in [-0.1, -0.05) is 12.2 Å². The fourth-order valence-electron chi connectivity index (χ4n) is 1.40. The molecular weight excluding hydrogens is 244 g/mol. The second-order valence-corrected chi connectivity index (χ2v) is 4.94. The van der Waals surface area contributed by atoms with Gasteiger partial charge in [-0.15, -0.1) is 0 Å². The van der Waals surface area contributed by atoms with E-state index in [9.17, 15) is 4.79 Å². The molecule has 104 valence electrons. The minimum atomic E-state index is -0.537. The van der Waals surface area contributed by atoms with Crippen molar-refractivity contribution in [1.29, 1.82) is 0 Å². The highest BCUT2D eigenvalue weighted by molar-refractivity contribution is 5.87. The summed E-state index contributed by atoms with van der Waals surface area (Å²) in [6, 6.07) is 1.74. The summed E-state index contributed by atoms with van der Waals surface area (Å²) in [5, 5.41) is 2.67. The largest absolute Gasteiger partial charge is 0.481 e. The number of hydrogen-bond donors (Lipinski definition) is 1. The second-order valence-electron chi connectivity index (χ2n) is 4.94. The number of anilines is 1. The summed E-state index contributed by atoms with van der Waals surface area (Å²) >= 11 is 0. The smallest absolute Gasteiger partial charge is 0.412 e. The number of rotatable bonds is 3. The molecule has 0 aromatic carbocycles. The van der Waals surface area contributed by atoms with E-state index in [0.717, 1.165) is 5.56 Å². The topological polar surface area (TPSA) is 60.5 Å². The summed E-state index contributed by atoms with van der Waals surface area (Å²) in [6.07, 6.45) is 4.76. The molecule has 0 bridgehead atoms. The van der Waals surface area contributed by atoms with Gasteiger partial charge in [-0.3, -0.25) is 5.32 Å². The number of carbonyl (C=O) groups excluding carboxylic acids is 1. The summed E-state index contributed by atoms with van der Waals surface area (Å²) in [5.41, 5.74) is 0.846. The van der Waals surface area contributed by atoms with Gasteiger partial charge in [0.1, 0.15) is 5.60 Å². The number of ether oxygens (including phenoxy) is 2. The third-order valence-electron chi connectivity index (χ3n) is 2.10. The van der Waals surface area contributed by atoms with Gasteiger partial charge in [-0.2, -0.15) is 0 Å². The lowest BCUT2D eigenvalue weighted by Gasteiger charge is -2.20. The molecule has 1 amide bonds. The second kappa shape index (κ2) is 6.22. The lowest BCUT2D eigenvalue weighted by atomic mass is 10.2. The first-order chi connectivity index (χ1) is 8.85. The van der Waals surface area contributed by atoms with Gasteiger partial charge in [0.2, 0.25) is 5.88 Å². The Morgan fingerprint density at radius 3 is 2.63 bits per heavy atom. The van der Waals surface area contributed by atoms with E-state index in [1.165, 1.54) is 6.20 Å². The quantitative estimate of drug-likeness (QED) is 0.908. The molecule has 0 unspecified atom stereocenters. The van der Waals surface area contributed by atoms with E-state index in [1.54, 1.807) is 13.2 Å². The van der Waals surface area contributed by atoms with Crippen molar-refractivity contribution in [3.63, 3.8) is 0 Å². The molecule has 19 heavy (non-hydrogen) atoms. The summed E-state index contributed by atoms with van der Waals surface area (Å²) < 4.78 is 10.3. The van der Waals surface area contributed by atoms with E-state index >= 15 is 0 Å². The fourth-order valence-corrected chi connectivity index (χ4v) is 1.40. The van der Waals surface area contributed by atoms with Gasteiger partial charge < -0.3 is 9.47 Å². The zero-order chi connectivity index (χ0) is 14.5. The van der Waals surface area contributed by atoms with E-state index in [0.29, 0.717) is 11.6 Å². The molecule has 1 aromatic rings. The first-order valence-electron chi connectivity index (χ1n) is 6.02. The van der Waals surface area contributed by atoms with Crippen LogP contribution in [-0.4, -0.2) is 23.8 Å². The predicted octanol–water partition coefficient (Wildman–Crippen LogP) is 3.47. The fraction of sp³-hybridized carbons (Fsp3) is 0.429. The van der Waals surface area contributed by atoms with Gasteiger partial charge in [-0.25, -0.2) is 9.78 Å². The van der Waals surface area contributed by atoms with Crippen molar-refractivity contribution in [2.45, 2.75) is 33.3 Å². The van der Waals surface area contributed by atoms with Crippen molar-refractivity contribution < 1.29 is 14.3 Å². The Kier molecular flexibility index (Phi) is 4.92. The van der Waals surface area contributed by atoms with Crippen molar-refractivity contribution >= 4 is 17.9 Å². The normalized spacial score (nSPS) is 11.4. The maximum atomic E-state index is 11.7. The van der Waals surface area contributed by atoms with Gasteiger partial charge in [0.25, 0.3) is 0 Å². The minimum Gasteiger partial charge on any atom is -0.481 e. The van der Waals surface area contributed by atoms with Crippen molar-refractivity contribution in [3.05, 3.63) is 23.9 Å². The number of hydrogen-bond acceptors (Lipinski definition) is 4. The highest BCUT2D eigenvalue weighted by atomic mass is 16.6. The standard InChI is InChI=1S/C14H20N2O3/c1-6-7-10-8-12(18-5)15-9-11(10)16-13(17)19-14(2,3)4/h6-9H,1-5H3,(H,16,17)/b7-6+. The molecule has 1 heterocycles. The molecule has 0 aliphatic carbocycles. The predicted molar refractivity (Wildman–Crippen MR) is 75.4 cm³/mol. The Hall–Kier alpha value is -2.04. The highest BCUT2D eigenvalue weighted by Crippen LogP contribution is 2.21. The molecule has 5 heteroatoms. The number of nitrogens with zero attached hydrogens (tertiary/aromatic N) is 1. The number of nitrogens with one attached hydrogen (secondary N) is 1. The van der Waals surface area contributed by atoms with Crippen LogP contribution in [0.1, 0.15) is 33.3 Å². The van der Waals surface area contributed by atoms with Crippen LogP contribution in [0.4, 0.5) is 10.5 Å². The van der Waals surface area contributed by atoms with Crippen LogP contribution in [0.5, 0.6) is 5.88 Å². The molecule has 0 saturated heterocycles. The van der Waals surface area contributed by atoms with Crippen LogP contribution >= 0.6 is 0 Å². The van der Waals surface area contributed by atoms with E-state index in [1.807, 2.05) is 39.8 Å². The van der Waals surface area contributed by atoms with Crippen LogP contribution in [0.3, 0.4) is 0 Å². The highest BCUT2D eigenvalue weighted by Gasteiger charge is 2.17. The van der Waals surface area contributed by atoms with Crippen molar-refractivity contribution in [2.24, 2.45) is 0 Å². The van der Waals surface area contributed by atoms with E-state index in [4.69, 9.17) is 9.47 Å². The molecule has 0 aliphatic heterocycles. The summed E-state index contributed by atoms with van der Waals surface area (Å²) in [5.74, 6) is 0.489. The van der Waals surface area contributed by atoms with E-state index in [2.05, 4.69) is 10.3 Å². The molecule has 0 spiro atoms. The number of amides is 1. The number of allylic oxidation sites excluding steroid dienone is 1. The van der Waals surface area contributed by atoms with Gasteiger partial charge in [0.05, 0.1) is 19.0 Å². The summed E-state index contributed by atoms with van der Waals surface area (Å²) in [6.45, 7) is 7.33. The minimum absolute atomic E-state index is 0.489. The van der Waals surface area contributed by atoms with Gasteiger partial charge in [-0.05, 0) is 27.7 Å². The van der Waals surface area contributed by atoms with Crippen LogP contribution in [0, 0.1) is 0 Å². The Morgan fingerprint density at radius 2 is 2.11 bits per heavy atom. The monoisotopic (exact) mass is 264 g/mol. The molecule has 5 nitrogen and oxygen atoms in total. The lowest BCUT2D eigenvalue weighted by molar-refractivity contribution is 0.0636. The average molecular weight is 264 g/mol. The molecule has 0 atom stereocenters. The first kappa shape index (κ1) is 15.0. The van der Waals surface area contributed by atoms with E-state index < -0.39 is 11.7 Å². The molecule has 0 fully saturated rings. The van der Waals surface area contributed by atoms with Gasteiger partial charge in [0, 0.05) is 11.6 Å². The van der Waals surface area contributed by atoms with Crippen molar-refractivity contribution in [2.75, 3.05) is 12.4 Å². The Morgan fingerprint density at radius 1 is 1.42 bits per heavy atom. The molecule has 0 saturated carbocycles. The summed E-state index contributed by atoms with van der Waals surface area (Å²) in [4.78, 5) is 15.8. The van der Waals surface area contributed by atoms with Crippen LogP contribution in [0.15, 0.2) is 18.3 Å². The molecule has 0 aliphatic rings. The Bertz CT molecular complexity index is 476.